The number of rotatable bonds is 6. The first kappa shape index (κ1) is 16.2. The summed E-state index contributed by atoms with van der Waals surface area (Å²) in [5.41, 5.74) is 2.35. The standard InChI is InChI=1S/C17H23N3O2/c1-4-19(10-11-21)17(22)15-12-16(13(2)3)20(18-15)14-8-6-5-7-9-14/h5-9,12-13,21H,4,10-11H2,1-3H3. The van der Waals surface area contributed by atoms with E-state index in [9.17, 15) is 4.79 Å². The van der Waals surface area contributed by atoms with Crippen molar-refractivity contribution >= 4 is 5.91 Å². The second-order valence-corrected chi connectivity index (χ2v) is 5.46. The molecule has 0 saturated heterocycles. The van der Waals surface area contributed by atoms with Crippen LogP contribution in [0.4, 0.5) is 0 Å². The van der Waals surface area contributed by atoms with Gasteiger partial charge in [0.1, 0.15) is 0 Å². The van der Waals surface area contributed by atoms with Crippen molar-refractivity contribution in [2.45, 2.75) is 26.7 Å². The SMILES string of the molecule is CCN(CCO)C(=O)c1cc(C(C)C)n(-c2ccccc2)n1. The van der Waals surface area contributed by atoms with Gasteiger partial charge in [-0.2, -0.15) is 5.10 Å². The van der Waals surface area contributed by atoms with E-state index in [1.807, 2.05) is 48.0 Å². The largest absolute Gasteiger partial charge is 0.395 e. The van der Waals surface area contributed by atoms with Gasteiger partial charge < -0.3 is 10.0 Å². The van der Waals surface area contributed by atoms with E-state index in [1.54, 1.807) is 4.90 Å². The van der Waals surface area contributed by atoms with Crippen LogP contribution in [0, 0.1) is 0 Å². The molecule has 0 aliphatic carbocycles. The molecule has 22 heavy (non-hydrogen) atoms. The van der Waals surface area contributed by atoms with Gasteiger partial charge in [0.25, 0.3) is 5.91 Å². The summed E-state index contributed by atoms with van der Waals surface area (Å²) >= 11 is 0. The van der Waals surface area contributed by atoms with Crippen LogP contribution in [0.1, 0.15) is 42.9 Å². The third kappa shape index (κ3) is 3.36. The topological polar surface area (TPSA) is 58.4 Å². The minimum atomic E-state index is -0.145. The number of benzene rings is 1. The summed E-state index contributed by atoms with van der Waals surface area (Å²) in [6, 6.07) is 11.6. The Balaban J connectivity index is 2.41. The van der Waals surface area contributed by atoms with Crippen molar-refractivity contribution in [2.24, 2.45) is 0 Å². The molecule has 1 amide bonds. The Bertz CT molecular complexity index is 620. The number of carbonyl (C=O) groups is 1. The molecule has 0 atom stereocenters. The van der Waals surface area contributed by atoms with Crippen LogP contribution < -0.4 is 0 Å². The fourth-order valence-electron chi connectivity index (χ4n) is 2.37. The molecule has 0 radical (unpaired) electrons. The van der Waals surface area contributed by atoms with Crippen LogP contribution >= 0.6 is 0 Å². The lowest BCUT2D eigenvalue weighted by atomic mass is 10.1. The molecule has 0 aliphatic heterocycles. The van der Waals surface area contributed by atoms with E-state index < -0.39 is 0 Å². The van der Waals surface area contributed by atoms with Gasteiger partial charge in [-0.15, -0.1) is 0 Å². The minimum Gasteiger partial charge on any atom is -0.395 e. The van der Waals surface area contributed by atoms with Crippen molar-refractivity contribution in [2.75, 3.05) is 19.7 Å². The van der Waals surface area contributed by atoms with Gasteiger partial charge in [0, 0.05) is 18.8 Å². The lowest BCUT2D eigenvalue weighted by Crippen LogP contribution is -2.33. The second-order valence-electron chi connectivity index (χ2n) is 5.46. The predicted octanol–water partition coefficient (Wildman–Crippen LogP) is 2.45. The minimum absolute atomic E-state index is 0.0456. The van der Waals surface area contributed by atoms with E-state index in [0.717, 1.165) is 11.4 Å². The van der Waals surface area contributed by atoms with E-state index in [1.165, 1.54) is 0 Å². The van der Waals surface area contributed by atoms with Gasteiger partial charge in [-0.1, -0.05) is 32.0 Å². The van der Waals surface area contributed by atoms with Crippen LogP contribution in [-0.2, 0) is 0 Å². The maximum Gasteiger partial charge on any atom is 0.274 e. The number of aliphatic hydroxyl groups excluding tert-OH is 1. The molecule has 1 heterocycles. The third-order valence-corrected chi connectivity index (χ3v) is 3.59. The Morgan fingerprint density at radius 3 is 2.55 bits per heavy atom. The molecule has 2 aromatic rings. The van der Waals surface area contributed by atoms with Crippen LogP contribution in [0.5, 0.6) is 0 Å². The van der Waals surface area contributed by atoms with Crippen LogP contribution in [0.15, 0.2) is 36.4 Å². The smallest absolute Gasteiger partial charge is 0.274 e. The molecule has 0 fully saturated rings. The zero-order valence-electron chi connectivity index (χ0n) is 13.4. The highest BCUT2D eigenvalue weighted by Gasteiger charge is 2.20. The number of hydrogen-bond acceptors (Lipinski definition) is 3. The lowest BCUT2D eigenvalue weighted by molar-refractivity contribution is 0.0725. The average molecular weight is 301 g/mol. The predicted molar refractivity (Wildman–Crippen MR) is 86.3 cm³/mol. The number of carbonyl (C=O) groups excluding carboxylic acids is 1. The van der Waals surface area contributed by atoms with E-state index in [0.29, 0.717) is 18.8 Å². The van der Waals surface area contributed by atoms with Crippen molar-refractivity contribution in [3.63, 3.8) is 0 Å². The molecule has 0 aliphatic rings. The molecule has 1 aromatic heterocycles. The number of nitrogens with zero attached hydrogens (tertiary/aromatic N) is 3. The first-order valence-corrected chi connectivity index (χ1v) is 7.64. The second kappa shape index (κ2) is 7.22. The lowest BCUT2D eigenvalue weighted by Gasteiger charge is -2.17. The molecular weight excluding hydrogens is 278 g/mol. The van der Waals surface area contributed by atoms with E-state index in [-0.39, 0.29) is 18.4 Å². The molecule has 0 spiro atoms. The number of para-hydroxylation sites is 1. The Kier molecular flexibility index (Phi) is 5.33. The summed E-state index contributed by atoms with van der Waals surface area (Å²) in [5, 5.41) is 13.6. The first-order valence-electron chi connectivity index (χ1n) is 7.64. The number of aromatic nitrogens is 2. The normalized spacial score (nSPS) is 11.0. The highest BCUT2D eigenvalue weighted by Crippen LogP contribution is 2.21. The van der Waals surface area contributed by atoms with Crippen molar-refractivity contribution in [3.8, 4) is 5.69 Å². The maximum absolute atomic E-state index is 12.5. The number of amides is 1. The summed E-state index contributed by atoms with van der Waals surface area (Å²) in [7, 11) is 0. The molecule has 0 unspecified atom stereocenters. The molecule has 5 heteroatoms. The molecule has 0 saturated carbocycles. The first-order chi connectivity index (χ1) is 10.6. The summed E-state index contributed by atoms with van der Waals surface area (Å²) in [5.74, 6) is 0.107. The molecule has 0 bridgehead atoms. The van der Waals surface area contributed by atoms with Crippen LogP contribution in [0.2, 0.25) is 0 Å². The Morgan fingerprint density at radius 1 is 1.32 bits per heavy atom. The Morgan fingerprint density at radius 2 is 2.00 bits per heavy atom. The zero-order valence-corrected chi connectivity index (χ0v) is 13.4. The van der Waals surface area contributed by atoms with Crippen molar-refractivity contribution in [3.05, 3.63) is 47.8 Å². The number of hydrogen-bond donors (Lipinski definition) is 1. The molecule has 118 valence electrons. The monoisotopic (exact) mass is 301 g/mol. The Labute approximate surface area is 131 Å². The van der Waals surface area contributed by atoms with Gasteiger partial charge in [0.2, 0.25) is 0 Å². The molecule has 1 N–H and O–H groups in total. The molecule has 1 aromatic carbocycles. The molecule has 5 nitrogen and oxygen atoms in total. The highest BCUT2D eigenvalue weighted by molar-refractivity contribution is 5.92. The van der Waals surface area contributed by atoms with Crippen molar-refractivity contribution in [1.82, 2.24) is 14.7 Å². The van der Waals surface area contributed by atoms with Gasteiger partial charge in [-0.3, -0.25) is 4.79 Å². The summed E-state index contributed by atoms with van der Waals surface area (Å²) in [4.78, 5) is 14.1. The van der Waals surface area contributed by atoms with Gasteiger partial charge in [-0.05, 0) is 31.0 Å². The summed E-state index contributed by atoms with van der Waals surface area (Å²) < 4.78 is 1.82. The van der Waals surface area contributed by atoms with E-state index in [4.69, 9.17) is 5.11 Å². The summed E-state index contributed by atoms with van der Waals surface area (Å²) in [6.45, 7) is 6.88. The van der Waals surface area contributed by atoms with Gasteiger partial charge >= 0.3 is 0 Å². The van der Waals surface area contributed by atoms with E-state index in [2.05, 4.69) is 18.9 Å². The van der Waals surface area contributed by atoms with Crippen LogP contribution in [0.3, 0.4) is 0 Å². The molecule has 2 rings (SSSR count). The fraction of sp³-hybridized carbons (Fsp3) is 0.412. The fourth-order valence-corrected chi connectivity index (χ4v) is 2.37. The van der Waals surface area contributed by atoms with Crippen molar-refractivity contribution < 1.29 is 9.90 Å². The van der Waals surface area contributed by atoms with Gasteiger partial charge in [0.15, 0.2) is 5.69 Å². The quantitative estimate of drug-likeness (QED) is 0.891. The molecular formula is C17H23N3O2. The zero-order chi connectivity index (χ0) is 16.1. The van der Waals surface area contributed by atoms with Gasteiger partial charge in [0.05, 0.1) is 12.3 Å². The Hall–Kier alpha value is -2.14. The maximum atomic E-state index is 12.5. The van der Waals surface area contributed by atoms with Gasteiger partial charge in [-0.25, -0.2) is 4.68 Å². The summed E-state index contributed by atoms with van der Waals surface area (Å²) in [6.07, 6.45) is 0. The average Bonchev–Trinajstić information content (AvgIpc) is 2.98. The van der Waals surface area contributed by atoms with Crippen molar-refractivity contribution in [1.29, 1.82) is 0 Å². The number of likely N-dealkylation sites (N-methyl/N-ethyl adjacent to an activating group) is 1. The highest BCUT2D eigenvalue weighted by atomic mass is 16.3. The van der Waals surface area contributed by atoms with Crippen LogP contribution in [-0.4, -0.2) is 45.4 Å². The third-order valence-electron chi connectivity index (χ3n) is 3.59. The van der Waals surface area contributed by atoms with E-state index >= 15 is 0 Å². The van der Waals surface area contributed by atoms with Crippen LogP contribution in [0.25, 0.3) is 5.69 Å². The number of aliphatic hydroxyl groups is 1.